The van der Waals surface area contributed by atoms with Crippen molar-refractivity contribution in [2.24, 2.45) is 23.2 Å². The molecule has 1 aliphatic heterocycles. The molecule has 3 aliphatic carbocycles. The van der Waals surface area contributed by atoms with Crippen molar-refractivity contribution in [2.45, 2.75) is 46.6 Å². The van der Waals surface area contributed by atoms with Gasteiger partial charge in [0.15, 0.2) is 0 Å². The lowest BCUT2D eigenvalue weighted by molar-refractivity contribution is -0.128. The van der Waals surface area contributed by atoms with Crippen molar-refractivity contribution in [2.75, 3.05) is 0 Å². The number of nitrogens with zero attached hydrogens (tertiary/aromatic N) is 1. The first-order chi connectivity index (χ1) is 10.8. The molecule has 3 saturated carbocycles. The average Bonchev–Trinajstić information content (AvgIpc) is 2.44. The third-order valence-electron chi connectivity index (χ3n) is 6.04. The normalized spacial score (nSPS) is 40.7. The van der Waals surface area contributed by atoms with E-state index in [9.17, 15) is 10.2 Å². The molecule has 0 saturated heterocycles. The second kappa shape index (κ2) is 5.73. The summed E-state index contributed by atoms with van der Waals surface area (Å²) in [4.78, 5) is 1.84. The maximum Gasteiger partial charge on any atom is 0.628 e. The number of aliphatic hydroxyl groups excluding tert-OH is 2. The third-order valence-corrected chi connectivity index (χ3v) is 6.04. The molecule has 0 aromatic rings. The van der Waals surface area contributed by atoms with Crippen molar-refractivity contribution in [1.82, 2.24) is 4.90 Å². The number of hydrogen-bond acceptors (Lipinski definition) is 5. The van der Waals surface area contributed by atoms with Crippen molar-refractivity contribution in [3.63, 3.8) is 0 Å². The van der Waals surface area contributed by atoms with Gasteiger partial charge >= 0.3 is 7.12 Å². The van der Waals surface area contributed by atoms with Crippen LogP contribution in [0.5, 0.6) is 0 Å². The topological polar surface area (TPSA) is 62.2 Å². The van der Waals surface area contributed by atoms with Gasteiger partial charge in [0.2, 0.25) is 0 Å². The van der Waals surface area contributed by atoms with Gasteiger partial charge < -0.3 is 24.4 Å². The molecule has 5 nitrogen and oxygen atoms in total. The largest absolute Gasteiger partial charge is 0.628 e. The molecule has 4 aliphatic rings. The predicted octanol–water partition coefficient (Wildman–Crippen LogP) is 3.72. The van der Waals surface area contributed by atoms with E-state index in [0.717, 1.165) is 6.42 Å². The van der Waals surface area contributed by atoms with Crippen molar-refractivity contribution in [3.8, 4) is 0 Å². The molecule has 3 fully saturated rings. The summed E-state index contributed by atoms with van der Waals surface area (Å²) < 4.78 is 10.6. The number of allylic oxidation sites excluding steroid dienone is 1. The second-order valence-corrected chi connectivity index (χ2v) is 7.53. The number of fused-ring (bicyclic) bond motifs is 2. The van der Waals surface area contributed by atoms with Crippen molar-refractivity contribution < 1.29 is 19.5 Å². The highest BCUT2D eigenvalue weighted by Gasteiger charge is 2.57. The van der Waals surface area contributed by atoms with Gasteiger partial charge in [-0.05, 0) is 48.9 Å². The summed E-state index contributed by atoms with van der Waals surface area (Å²) >= 11 is 0. The van der Waals surface area contributed by atoms with Crippen LogP contribution in [0.15, 0.2) is 36.3 Å². The van der Waals surface area contributed by atoms with Gasteiger partial charge in [-0.3, -0.25) is 0 Å². The molecule has 0 aromatic carbocycles. The fourth-order valence-corrected chi connectivity index (χ4v) is 4.56. The van der Waals surface area contributed by atoms with Crippen LogP contribution in [0.1, 0.15) is 40.5 Å². The Bertz CT molecular complexity index is 535. The average molecular weight is 319 g/mol. The van der Waals surface area contributed by atoms with Gasteiger partial charge in [0.1, 0.15) is 0 Å². The summed E-state index contributed by atoms with van der Waals surface area (Å²) in [5.74, 6) is 3.02. The van der Waals surface area contributed by atoms with Gasteiger partial charge in [-0.1, -0.05) is 26.8 Å². The van der Waals surface area contributed by atoms with Crippen LogP contribution in [-0.4, -0.2) is 28.3 Å². The van der Waals surface area contributed by atoms with Crippen molar-refractivity contribution >= 4 is 7.12 Å². The van der Waals surface area contributed by atoms with E-state index in [0.29, 0.717) is 23.2 Å². The monoisotopic (exact) mass is 319 g/mol. The van der Waals surface area contributed by atoms with Crippen LogP contribution in [0.3, 0.4) is 0 Å². The van der Waals surface area contributed by atoms with Gasteiger partial charge in [-0.25, -0.2) is 0 Å². The minimum absolute atomic E-state index is 0.206. The lowest BCUT2D eigenvalue weighted by atomic mass is 9.44. The Morgan fingerprint density at radius 1 is 1.22 bits per heavy atom. The summed E-state index contributed by atoms with van der Waals surface area (Å²) in [5.41, 5.74) is 0.389. The molecular weight excluding hydrogens is 293 g/mol. The molecule has 1 heterocycles. The van der Waals surface area contributed by atoms with Gasteiger partial charge in [0.05, 0.1) is 12.4 Å². The highest BCUT2D eigenvalue weighted by atomic mass is 16.7. The molecule has 0 aromatic heterocycles. The van der Waals surface area contributed by atoms with Crippen molar-refractivity contribution in [1.29, 1.82) is 0 Å². The third kappa shape index (κ3) is 2.79. The predicted molar refractivity (Wildman–Crippen MR) is 88.9 cm³/mol. The van der Waals surface area contributed by atoms with Crippen LogP contribution in [0.2, 0.25) is 0 Å². The molecule has 0 spiro atoms. The Morgan fingerprint density at radius 2 is 1.83 bits per heavy atom. The van der Waals surface area contributed by atoms with E-state index in [-0.39, 0.29) is 17.9 Å². The number of aliphatic hydroxyl groups is 2. The van der Waals surface area contributed by atoms with Gasteiger partial charge in [0.25, 0.3) is 11.9 Å². The Balaban J connectivity index is 1.80. The summed E-state index contributed by atoms with van der Waals surface area (Å²) in [6.07, 6.45) is 7.16. The summed E-state index contributed by atoms with van der Waals surface area (Å²) in [6, 6.07) is 0.224. The first-order valence-corrected chi connectivity index (χ1v) is 8.38. The van der Waals surface area contributed by atoms with Crippen LogP contribution >= 0.6 is 0 Å². The van der Waals surface area contributed by atoms with E-state index >= 15 is 0 Å². The first-order valence-electron chi connectivity index (χ1n) is 8.38. The molecule has 4 atom stereocenters. The summed E-state index contributed by atoms with van der Waals surface area (Å²) in [7, 11) is -0.828. The lowest BCUT2D eigenvalue weighted by Gasteiger charge is -2.63. The van der Waals surface area contributed by atoms with Crippen LogP contribution in [0.25, 0.3) is 0 Å². The van der Waals surface area contributed by atoms with Gasteiger partial charge in [-0.15, -0.1) is 0 Å². The number of rotatable bonds is 2. The van der Waals surface area contributed by atoms with Crippen molar-refractivity contribution in [3.05, 3.63) is 36.3 Å². The molecule has 2 bridgehead atoms. The SMILES string of the molecule is CC=CB1O/C(O)=C\N(C2CC3C[C@H]([C@H]2C)C3(C)C)/C=C(/O)O1. The molecule has 2 unspecified atom stereocenters. The molecular formula is C17H26BNO4. The summed E-state index contributed by atoms with van der Waals surface area (Å²) in [6.45, 7) is 8.77. The summed E-state index contributed by atoms with van der Waals surface area (Å²) in [5, 5.41) is 20.1. The van der Waals surface area contributed by atoms with Gasteiger partial charge in [0, 0.05) is 6.04 Å². The van der Waals surface area contributed by atoms with Crippen LogP contribution in [0.4, 0.5) is 0 Å². The van der Waals surface area contributed by atoms with E-state index < -0.39 is 7.12 Å². The Morgan fingerprint density at radius 3 is 2.30 bits per heavy atom. The molecule has 23 heavy (non-hydrogen) atoms. The minimum Gasteiger partial charge on any atom is -0.494 e. The lowest BCUT2D eigenvalue weighted by Crippen LogP contribution is -2.59. The molecule has 2 N–H and O–H groups in total. The fourth-order valence-electron chi connectivity index (χ4n) is 4.56. The molecule has 0 amide bonds. The minimum atomic E-state index is -0.828. The zero-order valence-electron chi connectivity index (χ0n) is 14.3. The highest BCUT2D eigenvalue weighted by Crippen LogP contribution is 2.62. The quantitative estimate of drug-likeness (QED) is 0.760. The molecule has 4 rings (SSSR count). The first kappa shape index (κ1) is 16.2. The highest BCUT2D eigenvalue weighted by molar-refractivity contribution is 6.51. The van der Waals surface area contributed by atoms with Crippen LogP contribution < -0.4 is 0 Å². The number of hydrogen-bond donors (Lipinski definition) is 2. The maximum atomic E-state index is 10.0. The zero-order valence-corrected chi connectivity index (χ0v) is 14.3. The smallest absolute Gasteiger partial charge is 0.494 e. The zero-order chi connectivity index (χ0) is 16.8. The van der Waals surface area contributed by atoms with E-state index in [4.69, 9.17) is 9.31 Å². The van der Waals surface area contributed by atoms with E-state index in [1.54, 1.807) is 24.5 Å². The van der Waals surface area contributed by atoms with Crippen LogP contribution in [-0.2, 0) is 9.31 Å². The molecule has 0 radical (unpaired) electrons. The maximum absolute atomic E-state index is 10.0. The molecule has 6 heteroatoms. The Hall–Kier alpha value is -1.72. The molecule has 126 valence electrons. The fraction of sp³-hybridized carbons (Fsp3) is 0.647. The van der Waals surface area contributed by atoms with E-state index in [2.05, 4.69) is 20.8 Å². The van der Waals surface area contributed by atoms with E-state index in [1.807, 2.05) is 11.8 Å². The Kier molecular flexibility index (Phi) is 4.02. The van der Waals surface area contributed by atoms with E-state index in [1.165, 1.54) is 6.42 Å². The standard InChI is InChI=1S/C17H26BNO4/c1-5-6-18-22-15(20)9-19(10-16(21)23-18)14-8-12-7-13(11(14)2)17(12,3)4/h5-6,9-14,20-21H,7-8H2,1-4H3/b6-5?,15-9-,16-10-/t11-,12?,13-,14?/m1/s1. The van der Waals surface area contributed by atoms with Crippen LogP contribution in [0, 0.1) is 23.2 Å². The van der Waals surface area contributed by atoms with Gasteiger partial charge in [-0.2, -0.15) is 0 Å². The second-order valence-electron chi connectivity index (χ2n) is 7.53. The Labute approximate surface area is 138 Å².